The summed E-state index contributed by atoms with van der Waals surface area (Å²) < 4.78 is 6.29. The summed E-state index contributed by atoms with van der Waals surface area (Å²) in [5.74, 6) is 0. The summed E-state index contributed by atoms with van der Waals surface area (Å²) in [6.45, 7) is 0.290. The molecule has 0 atom stereocenters. The van der Waals surface area contributed by atoms with Crippen LogP contribution in [0.1, 0.15) is 11.1 Å². The van der Waals surface area contributed by atoms with Crippen molar-refractivity contribution in [3.05, 3.63) is 78.9 Å². The number of ether oxygens (including phenoxy) is 1. The van der Waals surface area contributed by atoms with Gasteiger partial charge in [0.15, 0.2) is 0 Å². The number of aliphatic hydroxyl groups is 1. The van der Waals surface area contributed by atoms with Crippen LogP contribution < -0.4 is 0 Å². The Balaban J connectivity index is 0.000000203. The summed E-state index contributed by atoms with van der Waals surface area (Å²) >= 11 is 0. The van der Waals surface area contributed by atoms with Crippen LogP contribution >= 0.6 is 0 Å². The van der Waals surface area contributed by atoms with Gasteiger partial charge >= 0.3 is 6.09 Å². The molecule has 3 heterocycles. The topological polar surface area (TPSA) is 90.1 Å². The molecule has 7 heteroatoms. The Kier molecular flexibility index (Phi) is 6.43. The van der Waals surface area contributed by atoms with Crippen LogP contribution in [-0.2, 0) is 18.0 Å². The first kappa shape index (κ1) is 16.3. The number of hydrogen-bond donors (Lipinski definition) is 1. The van der Waals surface area contributed by atoms with Gasteiger partial charge in [-0.25, -0.2) is 14.3 Å². The maximum Gasteiger partial charge on any atom is 0.419 e. The van der Waals surface area contributed by atoms with Gasteiger partial charge in [-0.1, -0.05) is 12.1 Å². The molecule has 7 nitrogen and oxygen atoms in total. The fourth-order valence-electron chi connectivity index (χ4n) is 1.56. The molecular formula is C16H16N4O3. The van der Waals surface area contributed by atoms with E-state index in [0.29, 0.717) is 0 Å². The first-order valence-electron chi connectivity index (χ1n) is 6.83. The Labute approximate surface area is 133 Å². The minimum Gasteiger partial charge on any atom is -0.444 e. The molecule has 0 aliphatic carbocycles. The summed E-state index contributed by atoms with van der Waals surface area (Å²) in [6.07, 6.45) is 10.6. The van der Waals surface area contributed by atoms with Crippen LogP contribution in [0.15, 0.2) is 67.8 Å². The highest BCUT2D eigenvalue weighted by Gasteiger charge is 2.04. The SMILES string of the molecule is O=C(OCc1cccnc1)n1ccnc1.OCc1cccnc1. The van der Waals surface area contributed by atoms with Gasteiger partial charge in [-0.05, 0) is 17.7 Å². The highest BCUT2D eigenvalue weighted by atomic mass is 16.5. The molecule has 0 aliphatic rings. The zero-order valence-electron chi connectivity index (χ0n) is 12.3. The van der Waals surface area contributed by atoms with Gasteiger partial charge in [-0.3, -0.25) is 9.97 Å². The van der Waals surface area contributed by atoms with E-state index < -0.39 is 6.09 Å². The molecule has 0 unspecified atom stereocenters. The second-order valence-corrected chi connectivity index (χ2v) is 4.41. The molecule has 0 bridgehead atoms. The number of pyridine rings is 2. The predicted molar refractivity (Wildman–Crippen MR) is 82.2 cm³/mol. The normalized spacial score (nSPS) is 9.61. The maximum atomic E-state index is 11.4. The number of carbonyl (C=O) groups is 1. The van der Waals surface area contributed by atoms with E-state index in [1.807, 2.05) is 12.1 Å². The monoisotopic (exact) mass is 312 g/mol. The third-order valence-electron chi connectivity index (χ3n) is 2.71. The van der Waals surface area contributed by atoms with E-state index in [4.69, 9.17) is 9.84 Å². The molecule has 0 aliphatic heterocycles. The van der Waals surface area contributed by atoms with Gasteiger partial charge in [0.2, 0.25) is 0 Å². The van der Waals surface area contributed by atoms with E-state index in [9.17, 15) is 4.79 Å². The molecule has 0 spiro atoms. The van der Waals surface area contributed by atoms with Crippen molar-refractivity contribution in [2.75, 3.05) is 0 Å². The van der Waals surface area contributed by atoms with Crippen LogP contribution in [-0.4, -0.2) is 30.7 Å². The third kappa shape index (κ3) is 5.68. The summed E-state index contributed by atoms with van der Waals surface area (Å²) in [5.41, 5.74) is 1.71. The Hall–Kier alpha value is -3.06. The second kappa shape index (κ2) is 9.06. The smallest absolute Gasteiger partial charge is 0.419 e. The zero-order valence-corrected chi connectivity index (χ0v) is 12.3. The summed E-state index contributed by atoms with van der Waals surface area (Å²) in [4.78, 5) is 22.8. The van der Waals surface area contributed by atoms with E-state index in [0.717, 1.165) is 11.1 Å². The lowest BCUT2D eigenvalue weighted by Crippen LogP contribution is -2.11. The molecular weight excluding hydrogens is 296 g/mol. The lowest BCUT2D eigenvalue weighted by molar-refractivity contribution is 0.141. The molecule has 0 radical (unpaired) electrons. The Morgan fingerprint density at radius 2 is 1.74 bits per heavy atom. The van der Waals surface area contributed by atoms with Crippen LogP contribution in [0.5, 0.6) is 0 Å². The Morgan fingerprint density at radius 1 is 1.04 bits per heavy atom. The molecule has 3 aromatic rings. The van der Waals surface area contributed by atoms with Crippen molar-refractivity contribution in [1.82, 2.24) is 19.5 Å². The van der Waals surface area contributed by atoms with Gasteiger partial charge in [0.25, 0.3) is 0 Å². The number of hydrogen-bond acceptors (Lipinski definition) is 6. The van der Waals surface area contributed by atoms with Crippen LogP contribution in [0.4, 0.5) is 4.79 Å². The number of aliphatic hydroxyl groups excluding tert-OH is 1. The Morgan fingerprint density at radius 3 is 2.22 bits per heavy atom. The van der Waals surface area contributed by atoms with Gasteiger partial charge in [0.05, 0.1) is 6.61 Å². The Bertz CT molecular complexity index is 688. The standard InChI is InChI=1S/C10H9N3O2.C6H7NO/c14-10(13-5-4-12-8-13)15-7-9-2-1-3-11-6-9;8-5-6-2-1-3-7-4-6/h1-6,8H,7H2;1-4,8H,5H2. The summed E-state index contributed by atoms with van der Waals surface area (Å²) in [6, 6.07) is 7.26. The number of rotatable bonds is 3. The molecule has 1 N–H and O–H groups in total. The van der Waals surface area contributed by atoms with Crippen molar-refractivity contribution in [3.8, 4) is 0 Å². The molecule has 118 valence electrons. The fraction of sp³-hybridized carbons (Fsp3) is 0.125. The molecule has 0 amide bonds. The fourth-order valence-corrected chi connectivity index (χ4v) is 1.56. The van der Waals surface area contributed by atoms with Gasteiger partial charge < -0.3 is 9.84 Å². The summed E-state index contributed by atoms with van der Waals surface area (Å²) in [5, 5.41) is 8.50. The van der Waals surface area contributed by atoms with Crippen molar-refractivity contribution in [2.24, 2.45) is 0 Å². The molecule has 3 aromatic heterocycles. The van der Waals surface area contributed by atoms with E-state index in [-0.39, 0.29) is 13.2 Å². The van der Waals surface area contributed by atoms with Gasteiger partial charge in [0, 0.05) is 42.7 Å². The van der Waals surface area contributed by atoms with E-state index >= 15 is 0 Å². The zero-order chi connectivity index (χ0) is 16.3. The van der Waals surface area contributed by atoms with Crippen LogP contribution in [0.25, 0.3) is 0 Å². The van der Waals surface area contributed by atoms with Gasteiger partial charge in [0.1, 0.15) is 12.9 Å². The molecule has 0 saturated heterocycles. The van der Waals surface area contributed by atoms with Gasteiger partial charge in [-0.2, -0.15) is 0 Å². The van der Waals surface area contributed by atoms with Crippen LogP contribution in [0.3, 0.4) is 0 Å². The van der Waals surface area contributed by atoms with Crippen molar-refractivity contribution in [3.63, 3.8) is 0 Å². The number of carbonyl (C=O) groups excluding carboxylic acids is 1. The van der Waals surface area contributed by atoms with Crippen LogP contribution in [0.2, 0.25) is 0 Å². The van der Waals surface area contributed by atoms with Crippen molar-refractivity contribution in [2.45, 2.75) is 13.2 Å². The number of aromatic nitrogens is 4. The first-order chi connectivity index (χ1) is 11.3. The quantitative estimate of drug-likeness (QED) is 0.796. The molecule has 0 fully saturated rings. The predicted octanol–water partition coefficient (Wildman–Crippen LogP) is 2.04. The van der Waals surface area contributed by atoms with Crippen molar-refractivity contribution in [1.29, 1.82) is 0 Å². The lowest BCUT2D eigenvalue weighted by Gasteiger charge is -2.03. The largest absolute Gasteiger partial charge is 0.444 e. The minimum absolute atomic E-state index is 0.0772. The van der Waals surface area contributed by atoms with E-state index in [2.05, 4.69) is 15.0 Å². The minimum atomic E-state index is -0.448. The highest BCUT2D eigenvalue weighted by Crippen LogP contribution is 2.00. The number of imidazole rings is 1. The highest BCUT2D eigenvalue weighted by molar-refractivity contribution is 5.69. The summed E-state index contributed by atoms with van der Waals surface area (Å²) in [7, 11) is 0. The van der Waals surface area contributed by atoms with Crippen LogP contribution in [0, 0.1) is 0 Å². The average molecular weight is 312 g/mol. The molecule has 0 saturated carbocycles. The number of nitrogens with zero attached hydrogens (tertiary/aromatic N) is 4. The van der Waals surface area contributed by atoms with E-state index in [1.165, 1.54) is 23.3 Å². The lowest BCUT2D eigenvalue weighted by atomic mass is 10.3. The molecule has 0 aromatic carbocycles. The van der Waals surface area contributed by atoms with E-state index in [1.54, 1.807) is 36.9 Å². The molecule has 23 heavy (non-hydrogen) atoms. The second-order valence-electron chi connectivity index (χ2n) is 4.41. The molecule has 3 rings (SSSR count). The average Bonchev–Trinajstić information content (AvgIpc) is 3.17. The van der Waals surface area contributed by atoms with Crippen molar-refractivity contribution < 1.29 is 14.6 Å². The maximum absolute atomic E-state index is 11.4. The first-order valence-corrected chi connectivity index (χ1v) is 6.83. The van der Waals surface area contributed by atoms with Gasteiger partial charge in [-0.15, -0.1) is 0 Å². The van der Waals surface area contributed by atoms with Crippen molar-refractivity contribution >= 4 is 6.09 Å². The third-order valence-corrected chi connectivity index (χ3v) is 2.71.